The number of rotatable bonds is 4. The average molecular weight is 352 g/mol. The minimum atomic E-state index is -0.0276. The van der Waals surface area contributed by atoms with Crippen LogP contribution in [0.3, 0.4) is 0 Å². The van der Waals surface area contributed by atoms with Crippen molar-refractivity contribution >= 4 is 11.8 Å². The molecule has 0 spiro atoms. The summed E-state index contributed by atoms with van der Waals surface area (Å²) in [5.41, 5.74) is 0.599. The molecule has 0 aromatic heterocycles. The van der Waals surface area contributed by atoms with Gasteiger partial charge in [-0.2, -0.15) is 0 Å². The van der Waals surface area contributed by atoms with E-state index in [4.69, 9.17) is 4.74 Å². The van der Waals surface area contributed by atoms with Crippen molar-refractivity contribution in [1.82, 2.24) is 9.80 Å². The summed E-state index contributed by atoms with van der Waals surface area (Å²) in [5.74, 6) is 1.48. The maximum Gasteiger partial charge on any atom is 0.254 e. The number of hydrogen-bond acceptors (Lipinski definition) is 3. The molecule has 1 fully saturated rings. The van der Waals surface area contributed by atoms with E-state index in [9.17, 15) is 9.59 Å². The molecule has 2 aromatic carbocycles. The van der Waals surface area contributed by atoms with E-state index in [2.05, 4.69) is 0 Å². The number of benzene rings is 2. The van der Waals surface area contributed by atoms with Gasteiger partial charge in [-0.3, -0.25) is 9.59 Å². The highest BCUT2D eigenvalue weighted by Crippen LogP contribution is 2.22. The normalized spacial score (nSPS) is 14.4. The lowest BCUT2D eigenvalue weighted by atomic mass is 10.1. The molecule has 2 aromatic rings. The smallest absolute Gasteiger partial charge is 0.254 e. The van der Waals surface area contributed by atoms with Crippen LogP contribution in [0.25, 0.3) is 0 Å². The van der Waals surface area contributed by atoms with E-state index >= 15 is 0 Å². The minimum absolute atomic E-state index is 0.0101. The predicted molar refractivity (Wildman–Crippen MR) is 100 cm³/mol. The van der Waals surface area contributed by atoms with E-state index in [1.807, 2.05) is 61.2 Å². The van der Waals surface area contributed by atoms with Crippen molar-refractivity contribution in [2.45, 2.75) is 13.8 Å². The van der Waals surface area contributed by atoms with Gasteiger partial charge >= 0.3 is 0 Å². The Kier molecular flexibility index (Phi) is 5.56. The summed E-state index contributed by atoms with van der Waals surface area (Å²) in [7, 11) is 0. The summed E-state index contributed by atoms with van der Waals surface area (Å²) in [4.78, 5) is 28.5. The minimum Gasteiger partial charge on any atom is -0.457 e. The number of piperazine rings is 1. The molecule has 1 heterocycles. The lowest BCUT2D eigenvalue weighted by Crippen LogP contribution is -2.51. The van der Waals surface area contributed by atoms with Gasteiger partial charge in [0, 0.05) is 37.7 Å². The van der Waals surface area contributed by atoms with Crippen LogP contribution in [0.2, 0.25) is 0 Å². The molecule has 0 saturated carbocycles. The highest BCUT2D eigenvalue weighted by molar-refractivity contribution is 5.94. The van der Waals surface area contributed by atoms with Crippen LogP contribution in [0.1, 0.15) is 24.2 Å². The van der Waals surface area contributed by atoms with E-state index in [0.29, 0.717) is 37.5 Å². The fourth-order valence-corrected chi connectivity index (χ4v) is 2.99. The highest BCUT2D eigenvalue weighted by Gasteiger charge is 2.26. The Morgan fingerprint density at radius 1 is 0.846 bits per heavy atom. The SMILES string of the molecule is CC(C)C(=O)N1CCN(C(=O)c2cccc(Oc3ccccc3)c2)CC1. The number of para-hydroxylation sites is 1. The van der Waals surface area contributed by atoms with Crippen molar-refractivity contribution in [3.63, 3.8) is 0 Å². The van der Waals surface area contributed by atoms with E-state index in [0.717, 1.165) is 5.75 Å². The molecule has 0 bridgehead atoms. The fourth-order valence-electron chi connectivity index (χ4n) is 2.99. The molecular formula is C21H24N2O3. The average Bonchev–Trinajstić information content (AvgIpc) is 2.68. The van der Waals surface area contributed by atoms with Crippen LogP contribution in [0, 0.1) is 5.92 Å². The second kappa shape index (κ2) is 8.04. The van der Waals surface area contributed by atoms with E-state index in [1.54, 1.807) is 17.0 Å². The van der Waals surface area contributed by atoms with Gasteiger partial charge in [-0.05, 0) is 30.3 Å². The van der Waals surface area contributed by atoms with Crippen molar-refractivity contribution in [2.24, 2.45) is 5.92 Å². The molecule has 5 heteroatoms. The molecule has 2 amide bonds. The second-order valence-electron chi connectivity index (χ2n) is 6.72. The first-order chi connectivity index (χ1) is 12.5. The van der Waals surface area contributed by atoms with Crippen LogP contribution >= 0.6 is 0 Å². The third-order valence-corrected chi connectivity index (χ3v) is 4.43. The van der Waals surface area contributed by atoms with Crippen molar-refractivity contribution in [2.75, 3.05) is 26.2 Å². The van der Waals surface area contributed by atoms with Gasteiger partial charge in [0.1, 0.15) is 11.5 Å². The molecule has 0 unspecified atom stereocenters. The summed E-state index contributed by atoms with van der Waals surface area (Å²) in [6.45, 7) is 6.09. The summed E-state index contributed by atoms with van der Waals surface area (Å²) >= 11 is 0. The molecule has 136 valence electrons. The van der Waals surface area contributed by atoms with Gasteiger partial charge in [-0.25, -0.2) is 0 Å². The Balaban J connectivity index is 1.64. The summed E-state index contributed by atoms with van der Waals surface area (Å²) in [5, 5.41) is 0. The quantitative estimate of drug-likeness (QED) is 0.847. The Morgan fingerprint density at radius 3 is 2.12 bits per heavy atom. The Hall–Kier alpha value is -2.82. The van der Waals surface area contributed by atoms with Gasteiger partial charge in [0.2, 0.25) is 5.91 Å². The van der Waals surface area contributed by atoms with Crippen molar-refractivity contribution in [3.05, 3.63) is 60.2 Å². The Bertz CT molecular complexity index is 766. The first-order valence-electron chi connectivity index (χ1n) is 8.95. The van der Waals surface area contributed by atoms with Crippen molar-refractivity contribution < 1.29 is 14.3 Å². The van der Waals surface area contributed by atoms with Gasteiger partial charge in [0.25, 0.3) is 5.91 Å². The van der Waals surface area contributed by atoms with Gasteiger partial charge in [0.05, 0.1) is 0 Å². The lowest BCUT2D eigenvalue weighted by Gasteiger charge is -2.35. The zero-order chi connectivity index (χ0) is 18.5. The summed E-state index contributed by atoms with van der Waals surface area (Å²) in [6, 6.07) is 16.7. The number of hydrogen-bond donors (Lipinski definition) is 0. The fraction of sp³-hybridized carbons (Fsp3) is 0.333. The molecule has 3 rings (SSSR count). The van der Waals surface area contributed by atoms with Crippen LogP contribution in [0.15, 0.2) is 54.6 Å². The van der Waals surface area contributed by atoms with Gasteiger partial charge in [-0.1, -0.05) is 38.1 Å². The van der Waals surface area contributed by atoms with Gasteiger partial charge < -0.3 is 14.5 Å². The monoisotopic (exact) mass is 352 g/mol. The van der Waals surface area contributed by atoms with Gasteiger partial charge in [0.15, 0.2) is 0 Å². The molecule has 1 aliphatic rings. The van der Waals surface area contributed by atoms with Crippen molar-refractivity contribution in [3.8, 4) is 11.5 Å². The molecule has 5 nitrogen and oxygen atoms in total. The maximum absolute atomic E-state index is 12.8. The lowest BCUT2D eigenvalue weighted by molar-refractivity contribution is -0.135. The molecule has 26 heavy (non-hydrogen) atoms. The molecule has 0 atom stereocenters. The third kappa shape index (κ3) is 4.23. The van der Waals surface area contributed by atoms with E-state index in [-0.39, 0.29) is 17.7 Å². The third-order valence-electron chi connectivity index (χ3n) is 4.43. The van der Waals surface area contributed by atoms with Crippen LogP contribution in [0.4, 0.5) is 0 Å². The molecule has 1 aliphatic heterocycles. The second-order valence-corrected chi connectivity index (χ2v) is 6.72. The van der Waals surface area contributed by atoms with Gasteiger partial charge in [-0.15, -0.1) is 0 Å². The Morgan fingerprint density at radius 2 is 1.46 bits per heavy atom. The molecule has 0 radical (unpaired) electrons. The van der Waals surface area contributed by atoms with Crippen LogP contribution in [-0.2, 0) is 4.79 Å². The number of nitrogens with zero attached hydrogens (tertiary/aromatic N) is 2. The molecule has 0 N–H and O–H groups in total. The number of carbonyl (C=O) groups excluding carboxylic acids is 2. The summed E-state index contributed by atoms with van der Waals surface area (Å²) < 4.78 is 5.81. The zero-order valence-corrected chi connectivity index (χ0v) is 15.2. The first-order valence-corrected chi connectivity index (χ1v) is 8.95. The largest absolute Gasteiger partial charge is 0.457 e. The topological polar surface area (TPSA) is 49.9 Å². The van der Waals surface area contributed by atoms with E-state index in [1.165, 1.54) is 0 Å². The Labute approximate surface area is 154 Å². The molecule has 0 aliphatic carbocycles. The first kappa shape index (κ1) is 18.0. The predicted octanol–water partition coefficient (Wildman–Crippen LogP) is 3.42. The number of amides is 2. The standard InChI is InChI=1S/C21H24N2O3/c1-16(2)20(24)22-11-13-23(14-12-22)21(25)17-7-6-10-19(15-17)26-18-8-4-3-5-9-18/h3-10,15-16H,11-14H2,1-2H3. The number of carbonyl (C=O) groups is 2. The van der Waals surface area contributed by atoms with Crippen LogP contribution in [0.5, 0.6) is 11.5 Å². The summed E-state index contributed by atoms with van der Waals surface area (Å²) in [6.07, 6.45) is 0. The van der Waals surface area contributed by atoms with E-state index < -0.39 is 0 Å². The molecular weight excluding hydrogens is 328 g/mol. The number of ether oxygens (including phenoxy) is 1. The molecule has 1 saturated heterocycles. The highest BCUT2D eigenvalue weighted by atomic mass is 16.5. The van der Waals surface area contributed by atoms with Crippen LogP contribution in [-0.4, -0.2) is 47.8 Å². The zero-order valence-electron chi connectivity index (χ0n) is 15.2. The van der Waals surface area contributed by atoms with Crippen molar-refractivity contribution in [1.29, 1.82) is 0 Å². The maximum atomic E-state index is 12.8. The van der Waals surface area contributed by atoms with Crippen LogP contribution < -0.4 is 4.74 Å².